The Morgan fingerprint density at radius 3 is 1.88 bits per heavy atom. The number of hydrogen-bond donors (Lipinski definition) is 0. The molecule has 0 amide bonds. The van der Waals surface area contributed by atoms with Crippen LogP contribution in [0.5, 0.6) is 0 Å². The molecule has 11 nitrogen and oxygen atoms in total. The van der Waals surface area contributed by atoms with Crippen molar-refractivity contribution in [3.8, 4) is 12.3 Å². The van der Waals surface area contributed by atoms with E-state index in [4.69, 9.17) is 34.8 Å². The van der Waals surface area contributed by atoms with Gasteiger partial charge in [-0.25, -0.2) is 0 Å². The van der Waals surface area contributed by atoms with Crippen LogP contribution in [0.25, 0.3) is 0 Å². The van der Waals surface area contributed by atoms with E-state index >= 15 is 0 Å². The number of carbonyl (C=O) groups excluding carboxylic acids is 4. The summed E-state index contributed by atoms with van der Waals surface area (Å²) >= 11 is 0. The van der Waals surface area contributed by atoms with Gasteiger partial charge in [0.05, 0.1) is 20.7 Å². The molecule has 1 saturated heterocycles. The highest BCUT2D eigenvalue weighted by atomic mass is 127. The molecule has 0 aliphatic carbocycles. The van der Waals surface area contributed by atoms with E-state index < -0.39 is 54.6 Å². The number of halogens is 1. The minimum Gasteiger partial charge on any atom is -1.00 e. The monoisotopic (exact) mass is 585 g/mol. The van der Waals surface area contributed by atoms with Gasteiger partial charge in [-0.2, -0.15) is 0 Å². The molecule has 0 radical (unpaired) electrons. The first-order chi connectivity index (χ1) is 14.9. The van der Waals surface area contributed by atoms with Crippen LogP contribution in [-0.2, 0) is 47.6 Å². The molecule has 0 aromatic carbocycles. The van der Waals surface area contributed by atoms with Crippen LogP contribution in [-0.4, -0.2) is 99.5 Å². The summed E-state index contributed by atoms with van der Waals surface area (Å²) in [6.07, 6.45) is -0.565. The second kappa shape index (κ2) is 14.3. The van der Waals surface area contributed by atoms with Crippen molar-refractivity contribution in [1.82, 2.24) is 0 Å². The van der Waals surface area contributed by atoms with Crippen LogP contribution in [0, 0.1) is 12.3 Å². The lowest BCUT2D eigenvalue weighted by atomic mass is 9.98. The molecule has 0 N–H and O–H groups in total. The van der Waals surface area contributed by atoms with Crippen LogP contribution in [0.3, 0.4) is 0 Å². The molecule has 5 atom stereocenters. The number of carbonyl (C=O) groups is 4. The first kappa shape index (κ1) is 31.0. The maximum atomic E-state index is 11.8. The summed E-state index contributed by atoms with van der Waals surface area (Å²) in [7, 11) is 3.83. The molecule has 33 heavy (non-hydrogen) atoms. The lowest BCUT2D eigenvalue weighted by Crippen LogP contribution is -3.00. The molecule has 0 bridgehead atoms. The number of terminal acetylenes is 1. The summed E-state index contributed by atoms with van der Waals surface area (Å²) < 4.78 is 33.1. The predicted octanol–water partition coefficient (Wildman–Crippen LogP) is -3.20. The SMILES string of the molecule is C#CC[N+](C)(C)CCOC1O[C@H](COC(C)=O)[C@@H](OC(C)=O)[C@H](OC(C)=O)[C@H]1OC(C)=O.[I-]. The first-order valence-electron chi connectivity index (χ1n) is 10.0. The molecule has 1 heterocycles. The minimum absolute atomic E-state index is 0. The zero-order valence-electron chi connectivity index (χ0n) is 19.7. The van der Waals surface area contributed by atoms with E-state index in [1.165, 1.54) is 13.8 Å². The Morgan fingerprint density at radius 2 is 1.39 bits per heavy atom. The summed E-state index contributed by atoms with van der Waals surface area (Å²) in [5, 5.41) is 0. The average molecular weight is 585 g/mol. The van der Waals surface area contributed by atoms with E-state index in [1.54, 1.807) is 0 Å². The lowest BCUT2D eigenvalue weighted by molar-refractivity contribution is -0.883. The lowest BCUT2D eigenvalue weighted by Gasteiger charge is -2.44. The fourth-order valence-electron chi connectivity index (χ4n) is 3.07. The minimum atomic E-state index is -1.26. The predicted molar refractivity (Wildman–Crippen MR) is 109 cm³/mol. The molecule has 0 spiro atoms. The molecule has 1 fully saturated rings. The van der Waals surface area contributed by atoms with E-state index in [0.29, 0.717) is 17.6 Å². The van der Waals surface area contributed by atoms with E-state index in [2.05, 4.69) is 5.92 Å². The standard InChI is InChI=1S/C21H32NO10.HI/c1-8-9-22(6,7)10-11-27-21-20(31-16(5)26)19(30-15(4)25)18(29-14(3)24)17(32-21)12-28-13(2)23;/h1,17-21H,9-12H2,2-7H3;1H/q+1;/p-1/t17-,18-,19+,20-,21?;/m1./s1. The van der Waals surface area contributed by atoms with Crippen LogP contribution in [0.15, 0.2) is 0 Å². The Labute approximate surface area is 210 Å². The third kappa shape index (κ3) is 11.1. The molecule has 0 saturated carbocycles. The average Bonchev–Trinajstić information content (AvgIpc) is 2.63. The van der Waals surface area contributed by atoms with E-state index in [0.717, 1.165) is 13.8 Å². The van der Waals surface area contributed by atoms with Gasteiger partial charge >= 0.3 is 23.9 Å². The first-order valence-corrected chi connectivity index (χ1v) is 10.0. The molecule has 0 aromatic heterocycles. The zero-order chi connectivity index (χ0) is 24.5. The van der Waals surface area contributed by atoms with Gasteiger partial charge in [-0.1, -0.05) is 0 Å². The third-order valence-corrected chi connectivity index (χ3v) is 4.45. The van der Waals surface area contributed by atoms with Crippen molar-refractivity contribution < 1.29 is 76.1 Å². The van der Waals surface area contributed by atoms with Gasteiger partial charge in [0.2, 0.25) is 0 Å². The summed E-state index contributed by atoms with van der Waals surface area (Å²) in [6, 6.07) is 0. The van der Waals surface area contributed by atoms with Gasteiger partial charge in [0.1, 0.15) is 25.8 Å². The van der Waals surface area contributed by atoms with Crippen LogP contribution in [0.4, 0.5) is 0 Å². The molecule has 1 aliphatic heterocycles. The fourth-order valence-corrected chi connectivity index (χ4v) is 3.07. The Balaban J connectivity index is 0.0000102. The van der Waals surface area contributed by atoms with Crippen LogP contribution in [0.2, 0.25) is 0 Å². The van der Waals surface area contributed by atoms with Gasteiger partial charge in [0, 0.05) is 27.7 Å². The molecule has 12 heteroatoms. The molecule has 1 rings (SSSR count). The fraction of sp³-hybridized carbons (Fsp3) is 0.714. The van der Waals surface area contributed by atoms with Gasteiger partial charge in [-0.05, 0) is 5.92 Å². The molecular formula is C21H32INO10. The second-order valence-electron chi connectivity index (χ2n) is 7.96. The van der Waals surface area contributed by atoms with Crippen molar-refractivity contribution in [1.29, 1.82) is 0 Å². The van der Waals surface area contributed by atoms with Gasteiger partial charge in [-0.15, -0.1) is 6.42 Å². The Hall–Kier alpha value is -1.95. The van der Waals surface area contributed by atoms with Gasteiger partial charge < -0.3 is 56.9 Å². The molecular weight excluding hydrogens is 553 g/mol. The number of likely N-dealkylation sites (N-methyl/N-ethyl adjacent to an activating group) is 1. The van der Waals surface area contributed by atoms with Crippen molar-refractivity contribution in [3.63, 3.8) is 0 Å². The summed E-state index contributed by atoms with van der Waals surface area (Å²) in [6.45, 7) is 5.48. The number of ether oxygens (including phenoxy) is 6. The van der Waals surface area contributed by atoms with Crippen LogP contribution >= 0.6 is 0 Å². The third-order valence-electron chi connectivity index (χ3n) is 4.45. The zero-order valence-corrected chi connectivity index (χ0v) is 21.9. The Bertz CT molecular complexity index is 735. The summed E-state index contributed by atoms with van der Waals surface area (Å²) in [4.78, 5) is 46.6. The van der Waals surface area contributed by atoms with E-state index in [-0.39, 0.29) is 37.2 Å². The van der Waals surface area contributed by atoms with Gasteiger partial charge in [0.25, 0.3) is 0 Å². The number of rotatable bonds is 10. The maximum Gasteiger partial charge on any atom is 0.303 e. The van der Waals surface area contributed by atoms with Gasteiger partial charge in [0.15, 0.2) is 24.6 Å². The second-order valence-corrected chi connectivity index (χ2v) is 7.96. The Morgan fingerprint density at radius 1 is 0.879 bits per heavy atom. The number of esters is 4. The van der Waals surface area contributed by atoms with Gasteiger partial charge in [-0.3, -0.25) is 19.2 Å². The summed E-state index contributed by atoms with van der Waals surface area (Å²) in [5.74, 6) is -0.0999. The van der Waals surface area contributed by atoms with Crippen molar-refractivity contribution in [2.75, 3.05) is 40.4 Å². The molecule has 1 unspecified atom stereocenters. The quantitative estimate of drug-likeness (QED) is 0.0852. The largest absolute Gasteiger partial charge is 1.00 e. The summed E-state index contributed by atoms with van der Waals surface area (Å²) in [5.41, 5.74) is 0. The normalized spacial score (nSPS) is 24.5. The topological polar surface area (TPSA) is 124 Å². The maximum absolute atomic E-state index is 11.8. The van der Waals surface area contributed by atoms with Crippen molar-refractivity contribution in [2.45, 2.75) is 58.4 Å². The Kier molecular flexibility index (Phi) is 13.5. The van der Waals surface area contributed by atoms with Crippen molar-refractivity contribution in [3.05, 3.63) is 0 Å². The van der Waals surface area contributed by atoms with Crippen molar-refractivity contribution >= 4 is 23.9 Å². The van der Waals surface area contributed by atoms with E-state index in [9.17, 15) is 19.2 Å². The van der Waals surface area contributed by atoms with Crippen LogP contribution in [0.1, 0.15) is 27.7 Å². The van der Waals surface area contributed by atoms with Crippen LogP contribution < -0.4 is 24.0 Å². The highest BCUT2D eigenvalue weighted by Gasteiger charge is 2.52. The highest BCUT2D eigenvalue weighted by Crippen LogP contribution is 2.30. The van der Waals surface area contributed by atoms with E-state index in [1.807, 2.05) is 14.1 Å². The molecule has 0 aromatic rings. The highest BCUT2D eigenvalue weighted by molar-refractivity contribution is 5.68. The molecule has 1 aliphatic rings. The number of hydrogen-bond acceptors (Lipinski definition) is 10. The number of nitrogens with zero attached hydrogens (tertiary/aromatic N) is 1. The number of quaternary nitrogens is 1. The van der Waals surface area contributed by atoms with Crippen molar-refractivity contribution in [2.24, 2.45) is 0 Å². The molecule has 188 valence electrons. The smallest absolute Gasteiger partial charge is 0.303 e.